The van der Waals surface area contributed by atoms with Gasteiger partial charge in [0.05, 0.1) is 35.4 Å². The zero-order chi connectivity index (χ0) is 50.8. The number of imidazole rings is 1. The molecule has 1 spiro atoms. The number of likely N-dealkylation sites (tertiary alicyclic amines) is 3. The molecule has 2 N–H and O–H groups in total. The number of aromatic nitrogens is 4. The number of imide groups is 1. The molecular weight excluding hydrogens is 933 g/mol. The van der Waals surface area contributed by atoms with Crippen LogP contribution >= 0.6 is 0 Å². The largest absolute Gasteiger partial charge is 0.366 e. The number of amides is 5. The topological polar surface area (TPSA) is 172 Å². The van der Waals surface area contributed by atoms with Gasteiger partial charge in [-0.1, -0.05) is 18.6 Å². The SMILES string of the molecule is CC(C)n1cnc2cc(-c3ccc4c(c3)N([C@H]3C[C@@H](N5CCCCC5)C3)C(=O)C43CCN(CC(=O)N(C)C4CCN(C(=O)C5CCN(c6cc(C7CCC(=O)NC7=O)ccn6)CC5)CC4)CC3)nc(NC3CC3)c21. The molecule has 3 aromatic heterocycles. The number of benzene rings is 1. The van der Waals surface area contributed by atoms with Crippen molar-refractivity contribution in [3.63, 3.8) is 0 Å². The van der Waals surface area contributed by atoms with Gasteiger partial charge < -0.3 is 34.4 Å². The number of rotatable bonds is 12. The smallest absolute Gasteiger partial charge is 0.238 e. The summed E-state index contributed by atoms with van der Waals surface area (Å²) in [5.41, 5.74) is 6.22. The molecular formula is C57H74N12O5. The van der Waals surface area contributed by atoms with Crippen LogP contribution in [0, 0.1) is 5.92 Å². The second-order valence-electron chi connectivity index (χ2n) is 23.3. The van der Waals surface area contributed by atoms with Crippen LogP contribution < -0.4 is 20.4 Å². The quantitative estimate of drug-likeness (QED) is 0.154. The summed E-state index contributed by atoms with van der Waals surface area (Å²) in [5, 5.41) is 6.17. The maximum absolute atomic E-state index is 15.2. The standard InChI is InChI=1S/C57H74N12O5/c1-36(2)68-35-59-47-33-46(61-53(52(47)68)60-40-8-9-40)39-7-11-45-48(29-39)69(43-31-42(32-43)65-21-5-4-6-22-65)56(74)57(45)18-27-64(28-19-57)34-51(71)63(3)41-16-25-67(26-17-41)55(73)37-14-23-66(24-15-37)49-30-38(13-20-58-49)44-10-12-50(70)62-54(44)72/h7,11,13,20,29-30,33,35-37,40-44H,4-6,8-10,12,14-19,21-28,31-32,34H2,1-3H3,(H,60,61)(H,62,70,72)/t42-,43+,44?. The van der Waals surface area contributed by atoms with Crippen LogP contribution in [0.1, 0.15) is 133 Å². The van der Waals surface area contributed by atoms with Crippen molar-refractivity contribution in [2.45, 2.75) is 152 Å². The summed E-state index contributed by atoms with van der Waals surface area (Å²) < 4.78 is 2.20. The summed E-state index contributed by atoms with van der Waals surface area (Å²) >= 11 is 0. The van der Waals surface area contributed by atoms with Gasteiger partial charge in [0.25, 0.3) is 0 Å². The minimum atomic E-state index is -0.628. The number of nitrogens with zero attached hydrogens (tertiary/aromatic N) is 10. The highest BCUT2D eigenvalue weighted by atomic mass is 16.2. The third kappa shape index (κ3) is 9.23. The molecule has 1 atom stereocenters. The van der Waals surface area contributed by atoms with E-state index in [9.17, 15) is 19.2 Å². The Labute approximate surface area is 434 Å². The van der Waals surface area contributed by atoms with Crippen LogP contribution in [0.15, 0.2) is 48.9 Å². The molecule has 0 radical (unpaired) electrons. The second-order valence-corrected chi connectivity index (χ2v) is 23.3. The van der Waals surface area contributed by atoms with E-state index in [-0.39, 0.29) is 59.5 Å². The Morgan fingerprint density at radius 1 is 0.838 bits per heavy atom. The third-order valence-electron chi connectivity index (χ3n) is 18.4. The first kappa shape index (κ1) is 49.0. The van der Waals surface area contributed by atoms with Crippen molar-refractivity contribution in [2.24, 2.45) is 5.92 Å². The minimum Gasteiger partial charge on any atom is -0.366 e. The zero-order valence-corrected chi connectivity index (χ0v) is 43.6. The summed E-state index contributed by atoms with van der Waals surface area (Å²) in [5.74, 6) is 1.29. The number of hydrogen-bond acceptors (Lipinski definition) is 12. The molecule has 8 aliphatic rings. The molecule has 12 rings (SSSR count). The molecule has 1 unspecified atom stereocenters. The minimum absolute atomic E-state index is 0.0590. The number of anilines is 3. The van der Waals surface area contributed by atoms with Crippen molar-refractivity contribution >= 4 is 57.9 Å². The third-order valence-corrected chi connectivity index (χ3v) is 18.4. The summed E-state index contributed by atoms with van der Waals surface area (Å²) in [4.78, 5) is 95.3. The Morgan fingerprint density at radius 3 is 2.31 bits per heavy atom. The highest BCUT2D eigenvalue weighted by Gasteiger charge is 2.56. The molecule has 74 heavy (non-hydrogen) atoms. The molecule has 392 valence electrons. The number of fused-ring (bicyclic) bond motifs is 3. The van der Waals surface area contributed by atoms with Gasteiger partial charge in [0, 0.05) is 106 Å². The van der Waals surface area contributed by atoms with Crippen molar-refractivity contribution in [2.75, 3.05) is 81.1 Å². The molecule has 4 aromatic rings. The first-order chi connectivity index (χ1) is 35.9. The van der Waals surface area contributed by atoms with Crippen LogP contribution in [-0.4, -0.2) is 159 Å². The Morgan fingerprint density at radius 2 is 1.59 bits per heavy atom. The maximum atomic E-state index is 15.2. The Bertz CT molecular complexity index is 2810. The average Bonchev–Trinajstić information content (AvgIpc) is 4.10. The van der Waals surface area contributed by atoms with Crippen LogP contribution in [-0.2, 0) is 29.4 Å². The van der Waals surface area contributed by atoms with Crippen molar-refractivity contribution in [3.8, 4) is 11.3 Å². The molecule has 2 aliphatic carbocycles. The lowest BCUT2D eigenvalue weighted by Gasteiger charge is -2.48. The monoisotopic (exact) mass is 1010 g/mol. The van der Waals surface area contributed by atoms with Crippen molar-refractivity contribution in [1.29, 1.82) is 0 Å². The lowest BCUT2D eigenvalue weighted by atomic mass is 9.73. The van der Waals surface area contributed by atoms with Crippen molar-refractivity contribution in [3.05, 3.63) is 60.0 Å². The Kier molecular flexibility index (Phi) is 13.2. The lowest BCUT2D eigenvalue weighted by molar-refractivity contribution is -0.139. The zero-order valence-electron chi connectivity index (χ0n) is 43.6. The predicted octanol–water partition coefficient (Wildman–Crippen LogP) is 6.23. The number of nitrogens with one attached hydrogen (secondary N) is 2. The summed E-state index contributed by atoms with van der Waals surface area (Å²) in [6.07, 6.45) is 16.9. The molecule has 17 nitrogen and oxygen atoms in total. The van der Waals surface area contributed by atoms with Gasteiger partial charge in [-0.05, 0) is 146 Å². The normalized spacial score (nSPS) is 25.2. The van der Waals surface area contributed by atoms with E-state index in [0.29, 0.717) is 83.6 Å². The molecule has 9 heterocycles. The molecule has 5 saturated heterocycles. The highest BCUT2D eigenvalue weighted by Crippen LogP contribution is 2.52. The lowest BCUT2D eigenvalue weighted by Crippen LogP contribution is -2.58. The van der Waals surface area contributed by atoms with Crippen molar-refractivity contribution in [1.82, 2.24) is 44.4 Å². The fourth-order valence-electron chi connectivity index (χ4n) is 13.6. The van der Waals surface area contributed by atoms with Crippen LogP contribution in [0.25, 0.3) is 22.3 Å². The van der Waals surface area contributed by atoms with E-state index in [1.165, 1.54) is 19.3 Å². The first-order valence-corrected chi connectivity index (χ1v) is 28.1. The average molecular weight is 1010 g/mol. The van der Waals surface area contributed by atoms with E-state index >= 15 is 4.79 Å². The van der Waals surface area contributed by atoms with Crippen LogP contribution in [0.3, 0.4) is 0 Å². The number of pyridine rings is 2. The van der Waals surface area contributed by atoms with Gasteiger partial charge in [-0.15, -0.1) is 0 Å². The fraction of sp³-hybridized carbons (Fsp3) is 0.614. The van der Waals surface area contributed by atoms with Crippen LogP contribution in [0.2, 0.25) is 0 Å². The number of hydrogen-bond donors (Lipinski definition) is 2. The molecule has 6 aliphatic heterocycles. The Balaban J connectivity index is 0.673. The van der Waals surface area contributed by atoms with E-state index in [1.54, 1.807) is 6.20 Å². The second kappa shape index (κ2) is 20.0. The van der Waals surface area contributed by atoms with Crippen molar-refractivity contribution < 1.29 is 24.0 Å². The highest BCUT2D eigenvalue weighted by molar-refractivity contribution is 6.09. The Hall–Kier alpha value is -5.94. The first-order valence-electron chi connectivity index (χ1n) is 28.1. The summed E-state index contributed by atoms with van der Waals surface area (Å²) in [7, 11) is 1.92. The van der Waals surface area contributed by atoms with E-state index in [4.69, 9.17) is 9.97 Å². The number of carbonyl (C=O) groups excluding carboxylic acids is 5. The number of carbonyl (C=O) groups is 5. The molecule has 2 saturated carbocycles. The molecule has 5 amide bonds. The van der Waals surface area contributed by atoms with Crippen LogP contribution in [0.4, 0.5) is 17.3 Å². The predicted molar refractivity (Wildman–Crippen MR) is 284 cm³/mol. The number of piperidine rings is 5. The maximum Gasteiger partial charge on any atom is 0.238 e. The van der Waals surface area contributed by atoms with Gasteiger partial charge in [0.2, 0.25) is 29.5 Å². The van der Waals surface area contributed by atoms with E-state index < -0.39 is 5.41 Å². The van der Waals surface area contributed by atoms with Gasteiger partial charge in [-0.2, -0.15) is 0 Å². The molecule has 1 aromatic carbocycles. The molecule has 0 bridgehead atoms. The van der Waals surface area contributed by atoms with Gasteiger partial charge >= 0.3 is 0 Å². The summed E-state index contributed by atoms with van der Waals surface area (Å²) in [6, 6.07) is 14.0. The van der Waals surface area contributed by atoms with E-state index in [0.717, 1.165) is 115 Å². The molecule has 7 fully saturated rings. The number of likely N-dealkylation sites (N-methyl/N-ethyl adjacent to an activating group) is 1. The molecule has 17 heteroatoms. The van der Waals surface area contributed by atoms with Gasteiger partial charge in [-0.25, -0.2) is 15.0 Å². The summed E-state index contributed by atoms with van der Waals surface area (Å²) in [6.45, 7) is 11.0. The van der Waals surface area contributed by atoms with Gasteiger partial charge in [0.1, 0.15) is 11.3 Å². The van der Waals surface area contributed by atoms with Gasteiger partial charge in [0.15, 0.2) is 5.82 Å². The van der Waals surface area contributed by atoms with Crippen LogP contribution in [0.5, 0.6) is 0 Å². The van der Waals surface area contributed by atoms with E-state index in [2.05, 4.69) is 77.9 Å². The fourth-order valence-corrected chi connectivity index (χ4v) is 13.6. The van der Waals surface area contributed by atoms with E-state index in [1.807, 2.05) is 35.3 Å². The van der Waals surface area contributed by atoms with Gasteiger partial charge in [-0.3, -0.25) is 34.2 Å².